The first-order valence-electron chi connectivity index (χ1n) is 8.11. The van der Waals surface area contributed by atoms with Gasteiger partial charge in [0.15, 0.2) is 11.5 Å². The van der Waals surface area contributed by atoms with Crippen LogP contribution in [0.15, 0.2) is 16.4 Å². The molecule has 0 amide bonds. The first-order chi connectivity index (χ1) is 11.6. The van der Waals surface area contributed by atoms with Gasteiger partial charge < -0.3 is 18.9 Å². The van der Waals surface area contributed by atoms with Crippen molar-refractivity contribution in [2.75, 3.05) is 27.4 Å². The lowest BCUT2D eigenvalue weighted by Gasteiger charge is -2.35. The van der Waals surface area contributed by atoms with Crippen molar-refractivity contribution < 1.29 is 28.5 Å². The minimum Gasteiger partial charge on any atom is -0.464 e. The van der Waals surface area contributed by atoms with Crippen LogP contribution in [-0.2, 0) is 28.5 Å². The van der Waals surface area contributed by atoms with Crippen molar-refractivity contribution in [1.82, 2.24) is 5.43 Å². The molecule has 1 saturated carbocycles. The lowest BCUT2D eigenvalue weighted by molar-refractivity contribution is -0.240. The summed E-state index contributed by atoms with van der Waals surface area (Å²) in [6, 6.07) is 0. The second-order valence-electron chi connectivity index (χ2n) is 6.12. The van der Waals surface area contributed by atoms with Crippen molar-refractivity contribution in [3.63, 3.8) is 0 Å². The fraction of sp³-hybridized carbons (Fsp3) is 0.688. The third-order valence-electron chi connectivity index (χ3n) is 4.76. The Kier molecular flexibility index (Phi) is 4.86. The highest BCUT2D eigenvalue weighted by Gasteiger charge is 2.43. The Bertz CT molecular complexity index is 591. The smallest absolute Gasteiger partial charge is 0.356 e. The van der Waals surface area contributed by atoms with Crippen molar-refractivity contribution in [1.29, 1.82) is 0 Å². The van der Waals surface area contributed by atoms with Crippen molar-refractivity contribution >= 4 is 17.7 Å². The first-order valence-corrected chi connectivity index (χ1v) is 8.11. The third kappa shape index (κ3) is 3.03. The summed E-state index contributed by atoms with van der Waals surface area (Å²) < 4.78 is 21.7. The lowest BCUT2D eigenvalue weighted by Crippen LogP contribution is -2.39. The van der Waals surface area contributed by atoms with E-state index in [0.717, 1.165) is 32.1 Å². The minimum absolute atomic E-state index is 0.177. The molecule has 2 fully saturated rings. The average molecular weight is 338 g/mol. The highest BCUT2D eigenvalue weighted by Crippen LogP contribution is 2.38. The second kappa shape index (κ2) is 6.90. The molecule has 8 heteroatoms. The van der Waals surface area contributed by atoms with E-state index in [-0.39, 0.29) is 24.6 Å². The number of methoxy groups -OCH3 is 2. The molecule has 0 aromatic heterocycles. The molecule has 1 aliphatic carbocycles. The van der Waals surface area contributed by atoms with E-state index in [1.54, 1.807) is 0 Å². The Morgan fingerprint density at radius 2 is 1.83 bits per heavy atom. The van der Waals surface area contributed by atoms with Crippen molar-refractivity contribution in [3.05, 3.63) is 11.3 Å². The van der Waals surface area contributed by atoms with E-state index in [2.05, 4.69) is 10.5 Å². The zero-order valence-electron chi connectivity index (χ0n) is 13.9. The maximum atomic E-state index is 12.0. The van der Waals surface area contributed by atoms with Crippen LogP contribution in [0.1, 0.15) is 32.1 Å². The van der Waals surface area contributed by atoms with Gasteiger partial charge in [-0.25, -0.2) is 9.59 Å². The SMILES string of the molecule is COC(=O)C1=NNC(C(=O)OC)=C2COC3(CCCCC3)OCC12. The van der Waals surface area contributed by atoms with Crippen LogP contribution in [0.4, 0.5) is 0 Å². The van der Waals surface area contributed by atoms with Crippen LogP contribution in [0.3, 0.4) is 0 Å². The fourth-order valence-electron chi connectivity index (χ4n) is 3.39. The first kappa shape index (κ1) is 16.9. The molecule has 3 aliphatic rings. The van der Waals surface area contributed by atoms with Crippen LogP contribution in [0.5, 0.6) is 0 Å². The number of hydrogen-bond donors (Lipinski definition) is 1. The molecule has 3 rings (SSSR count). The van der Waals surface area contributed by atoms with E-state index in [9.17, 15) is 9.59 Å². The summed E-state index contributed by atoms with van der Waals surface area (Å²) >= 11 is 0. The van der Waals surface area contributed by atoms with Gasteiger partial charge in [-0.1, -0.05) is 6.42 Å². The van der Waals surface area contributed by atoms with E-state index in [0.29, 0.717) is 5.57 Å². The third-order valence-corrected chi connectivity index (χ3v) is 4.76. The number of carbonyl (C=O) groups is 2. The maximum absolute atomic E-state index is 12.0. The Morgan fingerprint density at radius 1 is 1.12 bits per heavy atom. The van der Waals surface area contributed by atoms with Gasteiger partial charge in [-0.15, -0.1) is 0 Å². The number of hydrogen-bond acceptors (Lipinski definition) is 8. The molecule has 1 unspecified atom stereocenters. The monoisotopic (exact) mass is 338 g/mol. The zero-order valence-corrected chi connectivity index (χ0v) is 13.9. The number of rotatable bonds is 2. The maximum Gasteiger partial charge on any atom is 0.356 e. The van der Waals surface area contributed by atoms with Crippen LogP contribution in [0.25, 0.3) is 0 Å². The number of carbonyl (C=O) groups excluding carboxylic acids is 2. The summed E-state index contributed by atoms with van der Waals surface area (Å²) in [6.07, 6.45) is 4.83. The lowest BCUT2D eigenvalue weighted by atomic mass is 9.92. The highest BCUT2D eigenvalue weighted by atomic mass is 16.7. The van der Waals surface area contributed by atoms with Crippen molar-refractivity contribution in [2.45, 2.75) is 37.9 Å². The summed E-state index contributed by atoms with van der Waals surface area (Å²) in [6.45, 7) is 0.392. The summed E-state index contributed by atoms with van der Waals surface area (Å²) in [5.41, 5.74) is 3.60. The van der Waals surface area contributed by atoms with Gasteiger partial charge in [0.05, 0.1) is 33.4 Å². The molecule has 0 aromatic rings. The van der Waals surface area contributed by atoms with Crippen LogP contribution in [0.2, 0.25) is 0 Å². The minimum atomic E-state index is -0.648. The molecule has 0 aromatic carbocycles. The van der Waals surface area contributed by atoms with Gasteiger partial charge in [0, 0.05) is 12.8 Å². The molecular formula is C16H22N2O6. The molecular weight excluding hydrogens is 316 g/mol. The molecule has 1 atom stereocenters. The molecule has 132 valence electrons. The number of hydrazone groups is 1. The number of esters is 2. The molecule has 0 radical (unpaired) electrons. The number of fused-ring (bicyclic) bond motifs is 1. The van der Waals surface area contributed by atoms with E-state index in [1.807, 2.05) is 0 Å². The van der Waals surface area contributed by atoms with E-state index >= 15 is 0 Å². The normalized spacial score (nSPS) is 25.9. The number of ether oxygens (including phenoxy) is 4. The zero-order chi connectivity index (χ0) is 17.2. The summed E-state index contributed by atoms with van der Waals surface area (Å²) in [4.78, 5) is 24.0. The Balaban J connectivity index is 1.93. The quantitative estimate of drug-likeness (QED) is 0.746. The molecule has 2 aliphatic heterocycles. The molecule has 8 nitrogen and oxygen atoms in total. The van der Waals surface area contributed by atoms with Crippen molar-refractivity contribution in [2.24, 2.45) is 11.0 Å². The van der Waals surface area contributed by atoms with Crippen molar-refractivity contribution in [3.8, 4) is 0 Å². The highest BCUT2D eigenvalue weighted by molar-refractivity contribution is 6.38. The van der Waals surface area contributed by atoms with Gasteiger partial charge in [0.1, 0.15) is 5.70 Å². The van der Waals surface area contributed by atoms with Gasteiger partial charge in [-0.05, 0) is 18.4 Å². The Hall–Kier alpha value is -1.93. The predicted octanol–water partition coefficient (Wildman–Crippen LogP) is 0.869. The fourth-order valence-corrected chi connectivity index (χ4v) is 3.39. The Morgan fingerprint density at radius 3 is 2.50 bits per heavy atom. The molecule has 2 heterocycles. The molecule has 0 bridgehead atoms. The molecule has 1 saturated heterocycles. The van der Waals surface area contributed by atoms with Crippen LogP contribution in [0, 0.1) is 5.92 Å². The van der Waals surface area contributed by atoms with Gasteiger partial charge in [0.25, 0.3) is 0 Å². The van der Waals surface area contributed by atoms with Gasteiger partial charge in [0.2, 0.25) is 0 Å². The van der Waals surface area contributed by atoms with E-state index in [4.69, 9.17) is 18.9 Å². The standard InChI is InChI=1S/C16H22N2O6/c1-21-14(19)12-10-8-23-16(6-4-3-5-7-16)24-9-11(10)13(18-17-12)15(20)22-2/h10,18H,3-9H2,1-2H3. The largest absolute Gasteiger partial charge is 0.464 e. The molecule has 24 heavy (non-hydrogen) atoms. The van der Waals surface area contributed by atoms with E-state index < -0.39 is 23.6 Å². The van der Waals surface area contributed by atoms with Gasteiger partial charge >= 0.3 is 11.9 Å². The van der Waals surface area contributed by atoms with Gasteiger partial charge in [-0.3, -0.25) is 5.43 Å². The second-order valence-corrected chi connectivity index (χ2v) is 6.12. The Labute approximate surface area is 140 Å². The van der Waals surface area contributed by atoms with Crippen LogP contribution >= 0.6 is 0 Å². The summed E-state index contributed by atoms with van der Waals surface area (Å²) in [7, 11) is 2.59. The number of nitrogens with zero attached hydrogens (tertiary/aromatic N) is 1. The topological polar surface area (TPSA) is 95.5 Å². The average Bonchev–Trinajstić information content (AvgIpc) is 2.81. The van der Waals surface area contributed by atoms with Crippen LogP contribution in [-0.4, -0.2) is 50.9 Å². The van der Waals surface area contributed by atoms with E-state index in [1.165, 1.54) is 14.2 Å². The molecule has 1 N–H and O–H groups in total. The predicted molar refractivity (Wildman–Crippen MR) is 82.8 cm³/mol. The summed E-state index contributed by atoms with van der Waals surface area (Å²) in [5, 5.41) is 4.01. The number of nitrogens with one attached hydrogen (secondary N) is 1. The van der Waals surface area contributed by atoms with Gasteiger partial charge in [-0.2, -0.15) is 5.10 Å². The van der Waals surface area contributed by atoms with Crippen LogP contribution < -0.4 is 5.43 Å². The summed E-state index contributed by atoms with van der Waals surface area (Å²) in [5.74, 6) is -2.25. The molecule has 1 spiro atoms.